The maximum atomic E-state index is 12.9. The van der Waals surface area contributed by atoms with Gasteiger partial charge in [-0.3, -0.25) is 9.35 Å². The first-order chi connectivity index (χ1) is 33.1. The van der Waals surface area contributed by atoms with Gasteiger partial charge in [0.25, 0.3) is 0 Å². The molecule has 0 aromatic heterocycles. The highest BCUT2D eigenvalue weighted by Gasteiger charge is 2.48. The molecule has 0 amide bonds. The average Bonchev–Trinajstić information content (AvgIpc) is 3.31. The van der Waals surface area contributed by atoms with Crippen molar-refractivity contribution < 1.29 is 56.2 Å². The van der Waals surface area contributed by atoms with Gasteiger partial charge in [-0.2, -0.15) is 8.42 Å². The summed E-state index contributed by atoms with van der Waals surface area (Å²) in [6.45, 7) is 3.90. The van der Waals surface area contributed by atoms with Crippen LogP contribution in [0.5, 0.6) is 0 Å². The summed E-state index contributed by atoms with van der Waals surface area (Å²) in [5.41, 5.74) is 0. The van der Waals surface area contributed by atoms with Crippen LogP contribution in [0.2, 0.25) is 0 Å². The predicted octanol–water partition coefficient (Wildman–Crippen LogP) is 13.1. The first kappa shape index (κ1) is 64.1. The van der Waals surface area contributed by atoms with Gasteiger partial charge < -0.3 is 34.3 Å². The fraction of sp³-hybridized carbons (Fsp3) is 0.836. The highest BCUT2D eigenvalue weighted by Crippen LogP contribution is 2.26. The highest BCUT2D eigenvalue weighted by molar-refractivity contribution is 7.80. The summed E-state index contributed by atoms with van der Waals surface area (Å²) in [6.07, 6.45) is 48.6. The molecular weight excluding hydrogens is 885 g/mol. The third-order valence-corrected chi connectivity index (χ3v) is 12.9. The fourth-order valence-corrected chi connectivity index (χ4v) is 8.88. The van der Waals surface area contributed by atoms with Gasteiger partial charge in [-0.15, -0.1) is 0 Å². The Morgan fingerprint density at radius 1 is 0.574 bits per heavy atom. The van der Waals surface area contributed by atoms with Crippen molar-refractivity contribution in [3.63, 3.8) is 0 Å². The Morgan fingerprint density at radius 3 is 1.49 bits per heavy atom. The molecule has 6 unspecified atom stereocenters. The summed E-state index contributed by atoms with van der Waals surface area (Å²) >= 11 is 0. The Kier molecular flexibility index (Phi) is 43.5. The molecule has 0 radical (unpaired) electrons. The van der Waals surface area contributed by atoms with Gasteiger partial charge in [0.2, 0.25) is 0 Å². The van der Waals surface area contributed by atoms with Crippen molar-refractivity contribution in [3.05, 3.63) is 48.6 Å². The lowest BCUT2D eigenvalue weighted by atomic mass is 9.99. The van der Waals surface area contributed by atoms with Crippen molar-refractivity contribution in [2.24, 2.45) is 0 Å². The zero-order valence-corrected chi connectivity index (χ0v) is 43.7. The molecule has 1 aliphatic heterocycles. The zero-order chi connectivity index (χ0) is 49.6. The first-order valence-corrected chi connectivity index (χ1v) is 28.8. The fourth-order valence-electron chi connectivity index (χ4n) is 8.37. The second kappa shape index (κ2) is 46.2. The van der Waals surface area contributed by atoms with Gasteiger partial charge in [-0.05, 0) is 51.4 Å². The molecule has 4 N–H and O–H groups in total. The number of ether oxygens (including phenoxy) is 4. The number of carbonyl (C=O) groups excluding carboxylic acids is 1. The molecule has 0 bridgehead atoms. The van der Waals surface area contributed by atoms with Crippen LogP contribution in [0, 0.1) is 0 Å². The van der Waals surface area contributed by atoms with Crippen LogP contribution < -0.4 is 0 Å². The minimum Gasteiger partial charge on any atom is -0.457 e. The van der Waals surface area contributed by atoms with Crippen molar-refractivity contribution in [3.8, 4) is 0 Å². The number of unbranched alkanes of at least 4 members (excludes halogenated alkanes) is 27. The minimum atomic E-state index is -5.07. The molecule has 0 aromatic rings. The van der Waals surface area contributed by atoms with Gasteiger partial charge in [-0.1, -0.05) is 223 Å². The van der Waals surface area contributed by atoms with E-state index in [0.717, 1.165) is 83.5 Å². The Morgan fingerprint density at radius 2 is 1.01 bits per heavy atom. The molecule has 0 saturated carbocycles. The van der Waals surface area contributed by atoms with Crippen LogP contribution in [0.3, 0.4) is 0 Å². The van der Waals surface area contributed by atoms with E-state index in [2.05, 4.69) is 66.6 Å². The molecule has 1 heterocycles. The standard InChI is InChI=1S/C55H100O12S/c1-3-5-7-9-11-13-15-17-19-21-23-24-25-27-29-31-33-35-37-39-41-43-45-63-47-49(48-64-55-53(59)54(67-68(60,61)62)52(58)50(46-56)66-55)65-51(57)44-42-40-38-36-34-32-30-28-26-22-20-18-16-14-12-10-8-6-4-2/h6,8,12,14,18,20,26,28,49-50,52-56,58-59H,3-5,7,9-11,13,15-17,19,21-25,27,29-48H2,1-2H3,(H,60,61,62)/b8-6-,14-12-,20-18-,28-26-. The van der Waals surface area contributed by atoms with Gasteiger partial charge in [0.05, 0.1) is 19.8 Å². The topological polar surface area (TPSA) is 178 Å². The SMILES string of the molecule is CC/C=C\C/C=C\C/C=C\C/C=C\CCCCCCCCC(=O)OC(COCCCCCCCCCCCCCCCCCCCCCCCC)COC1OC(CO)C(O)C(OS(=O)(=O)O)C1O. The monoisotopic (exact) mass is 985 g/mol. The summed E-state index contributed by atoms with van der Waals surface area (Å²) in [5, 5.41) is 30.8. The molecule has 6 atom stereocenters. The molecule has 1 fully saturated rings. The molecule has 0 aliphatic carbocycles. The quantitative estimate of drug-likeness (QED) is 0.0197. The third-order valence-electron chi connectivity index (χ3n) is 12.5. The Labute approximate surface area is 415 Å². The lowest BCUT2D eigenvalue weighted by Crippen LogP contribution is -2.60. The largest absolute Gasteiger partial charge is 0.457 e. The molecule has 1 saturated heterocycles. The summed E-state index contributed by atoms with van der Waals surface area (Å²) in [6, 6.07) is 0. The van der Waals surface area contributed by atoms with E-state index in [-0.39, 0.29) is 19.6 Å². The second-order valence-electron chi connectivity index (χ2n) is 18.8. The van der Waals surface area contributed by atoms with Crippen LogP contribution in [-0.2, 0) is 38.3 Å². The smallest absolute Gasteiger partial charge is 0.397 e. The molecule has 0 spiro atoms. The van der Waals surface area contributed by atoms with Crippen LogP contribution in [0.4, 0.5) is 0 Å². The van der Waals surface area contributed by atoms with E-state index >= 15 is 0 Å². The predicted molar refractivity (Wildman–Crippen MR) is 276 cm³/mol. The number of hydrogen-bond acceptors (Lipinski definition) is 11. The number of carbonyl (C=O) groups is 1. The van der Waals surface area contributed by atoms with Crippen LogP contribution in [0.15, 0.2) is 48.6 Å². The van der Waals surface area contributed by atoms with Crippen molar-refractivity contribution in [1.82, 2.24) is 0 Å². The number of hydrogen-bond donors (Lipinski definition) is 4. The Hall–Kier alpha value is -1.94. The van der Waals surface area contributed by atoms with Crippen molar-refractivity contribution in [2.75, 3.05) is 26.4 Å². The lowest BCUT2D eigenvalue weighted by molar-refractivity contribution is -0.301. The van der Waals surface area contributed by atoms with Crippen LogP contribution in [0.25, 0.3) is 0 Å². The van der Waals surface area contributed by atoms with E-state index in [4.69, 9.17) is 18.9 Å². The van der Waals surface area contributed by atoms with Crippen molar-refractivity contribution >= 4 is 16.4 Å². The molecule has 12 nitrogen and oxygen atoms in total. The first-order valence-electron chi connectivity index (χ1n) is 27.4. The summed E-state index contributed by atoms with van der Waals surface area (Å²) in [4.78, 5) is 12.9. The maximum absolute atomic E-state index is 12.9. The summed E-state index contributed by atoms with van der Waals surface area (Å²) < 4.78 is 59.3. The number of esters is 1. The van der Waals surface area contributed by atoms with Gasteiger partial charge in [0.15, 0.2) is 6.29 Å². The van der Waals surface area contributed by atoms with Crippen molar-refractivity contribution in [1.29, 1.82) is 0 Å². The molecule has 0 aromatic carbocycles. The summed E-state index contributed by atoms with van der Waals surface area (Å²) in [5.74, 6) is -0.410. The maximum Gasteiger partial charge on any atom is 0.397 e. The molecule has 13 heteroatoms. The van der Waals surface area contributed by atoms with E-state index < -0.39 is 59.8 Å². The number of rotatable bonds is 48. The Bertz CT molecular complexity index is 1370. The van der Waals surface area contributed by atoms with E-state index in [0.29, 0.717) is 13.0 Å². The molecule has 1 rings (SSSR count). The van der Waals surface area contributed by atoms with Crippen LogP contribution >= 0.6 is 0 Å². The van der Waals surface area contributed by atoms with E-state index in [1.165, 1.54) is 122 Å². The van der Waals surface area contributed by atoms with Crippen LogP contribution in [-0.4, -0.2) is 97.5 Å². The highest BCUT2D eigenvalue weighted by atomic mass is 32.3. The van der Waals surface area contributed by atoms with E-state index in [1.54, 1.807) is 0 Å². The molecular formula is C55H100O12S. The van der Waals surface area contributed by atoms with Crippen molar-refractivity contribution in [2.45, 2.75) is 269 Å². The molecule has 1 aliphatic rings. The average molecular weight is 985 g/mol. The Balaban J connectivity index is 2.33. The molecule has 398 valence electrons. The lowest BCUT2D eigenvalue weighted by Gasteiger charge is -2.41. The second-order valence-corrected chi connectivity index (χ2v) is 19.8. The van der Waals surface area contributed by atoms with Gasteiger partial charge in [-0.25, -0.2) is 4.18 Å². The van der Waals surface area contributed by atoms with Crippen LogP contribution in [0.1, 0.15) is 232 Å². The van der Waals surface area contributed by atoms with E-state index in [1.807, 2.05) is 0 Å². The van der Waals surface area contributed by atoms with E-state index in [9.17, 15) is 33.1 Å². The third kappa shape index (κ3) is 38.8. The van der Waals surface area contributed by atoms with Gasteiger partial charge in [0, 0.05) is 13.0 Å². The zero-order valence-electron chi connectivity index (χ0n) is 42.9. The molecule has 68 heavy (non-hydrogen) atoms. The number of aliphatic hydroxyl groups is 3. The van der Waals surface area contributed by atoms with Gasteiger partial charge in [0.1, 0.15) is 30.5 Å². The summed E-state index contributed by atoms with van der Waals surface area (Å²) in [7, 11) is -5.07. The van der Waals surface area contributed by atoms with Gasteiger partial charge >= 0.3 is 16.4 Å². The minimum absolute atomic E-state index is 0.0318. The number of aliphatic hydroxyl groups excluding tert-OH is 3. The number of allylic oxidation sites excluding steroid dienone is 8. The normalized spacial score (nSPS) is 19.6.